The second kappa shape index (κ2) is 6.15. The molecule has 0 radical (unpaired) electrons. The second-order valence-corrected chi connectivity index (χ2v) is 6.18. The predicted octanol–water partition coefficient (Wildman–Crippen LogP) is 3.22. The van der Waals surface area contributed by atoms with Crippen molar-refractivity contribution in [2.45, 2.75) is 31.7 Å². The Bertz CT molecular complexity index is 485. The molecule has 20 heavy (non-hydrogen) atoms. The first-order valence-corrected chi connectivity index (χ1v) is 7.90. The molecule has 4 heteroatoms. The van der Waals surface area contributed by atoms with Crippen molar-refractivity contribution < 1.29 is 4.79 Å². The van der Waals surface area contributed by atoms with Gasteiger partial charge >= 0.3 is 0 Å². The largest absolute Gasteiger partial charge is 0.369 e. The van der Waals surface area contributed by atoms with Crippen molar-refractivity contribution >= 4 is 23.6 Å². The van der Waals surface area contributed by atoms with Crippen molar-refractivity contribution in [2.24, 2.45) is 0 Å². The lowest BCUT2D eigenvalue weighted by Crippen LogP contribution is -2.40. The number of hydrogen-bond donors (Lipinski definition) is 0. The van der Waals surface area contributed by atoms with E-state index in [-0.39, 0.29) is 0 Å². The molecule has 0 saturated carbocycles. The summed E-state index contributed by atoms with van der Waals surface area (Å²) in [4.78, 5) is 16.2. The molecule has 0 N–H and O–H groups in total. The average Bonchev–Trinajstić information content (AvgIpc) is 2.97. The van der Waals surface area contributed by atoms with Crippen molar-refractivity contribution in [3.05, 3.63) is 28.8 Å². The molecule has 1 unspecified atom stereocenters. The number of halogens is 1. The molecule has 0 aliphatic carbocycles. The third kappa shape index (κ3) is 2.70. The van der Waals surface area contributed by atoms with Gasteiger partial charge < -0.3 is 4.90 Å². The summed E-state index contributed by atoms with van der Waals surface area (Å²) >= 11 is 6.12. The Labute approximate surface area is 125 Å². The van der Waals surface area contributed by atoms with Crippen LogP contribution >= 0.6 is 11.6 Å². The SMILES string of the molecule is O=Cc1c(Cl)cccc1N1CCC(N2CCCCC2)C1. The van der Waals surface area contributed by atoms with Crippen LogP contribution in [0.25, 0.3) is 0 Å². The number of carbonyl (C=O) groups is 1. The topological polar surface area (TPSA) is 23.6 Å². The van der Waals surface area contributed by atoms with Gasteiger partial charge in [0.15, 0.2) is 6.29 Å². The molecule has 108 valence electrons. The van der Waals surface area contributed by atoms with Crippen LogP contribution in [0.4, 0.5) is 5.69 Å². The fraction of sp³-hybridized carbons (Fsp3) is 0.562. The molecule has 2 saturated heterocycles. The number of nitrogens with zero attached hydrogens (tertiary/aromatic N) is 2. The minimum Gasteiger partial charge on any atom is -0.369 e. The van der Waals surface area contributed by atoms with Crippen molar-refractivity contribution in [2.75, 3.05) is 31.1 Å². The summed E-state index contributed by atoms with van der Waals surface area (Å²) in [5.41, 5.74) is 1.63. The van der Waals surface area contributed by atoms with Gasteiger partial charge in [0, 0.05) is 24.8 Å². The zero-order chi connectivity index (χ0) is 13.9. The molecule has 2 heterocycles. The summed E-state index contributed by atoms with van der Waals surface area (Å²) in [6.45, 7) is 4.49. The van der Waals surface area contributed by atoms with Gasteiger partial charge in [0.1, 0.15) is 0 Å². The zero-order valence-electron chi connectivity index (χ0n) is 11.7. The van der Waals surface area contributed by atoms with Crippen LogP contribution in [0.5, 0.6) is 0 Å². The maximum Gasteiger partial charge on any atom is 0.153 e. The number of benzene rings is 1. The molecule has 2 aliphatic heterocycles. The molecule has 0 bridgehead atoms. The van der Waals surface area contributed by atoms with E-state index in [4.69, 9.17) is 11.6 Å². The lowest BCUT2D eigenvalue weighted by atomic mass is 10.1. The third-order valence-electron chi connectivity index (χ3n) is 4.56. The highest BCUT2D eigenvalue weighted by Gasteiger charge is 2.29. The van der Waals surface area contributed by atoms with Crippen LogP contribution in [-0.4, -0.2) is 43.4 Å². The quantitative estimate of drug-likeness (QED) is 0.799. The fourth-order valence-corrected chi connectivity index (χ4v) is 3.67. The van der Waals surface area contributed by atoms with E-state index in [0.717, 1.165) is 25.1 Å². The fourth-order valence-electron chi connectivity index (χ4n) is 3.46. The number of anilines is 1. The number of aldehydes is 1. The molecule has 1 aromatic carbocycles. The van der Waals surface area contributed by atoms with Crippen molar-refractivity contribution in [1.29, 1.82) is 0 Å². The molecular formula is C16H21ClN2O. The van der Waals surface area contributed by atoms with Crippen molar-refractivity contribution in [1.82, 2.24) is 4.90 Å². The summed E-state index contributed by atoms with van der Waals surface area (Å²) in [5.74, 6) is 0. The molecule has 2 fully saturated rings. The zero-order valence-corrected chi connectivity index (χ0v) is 12.5. The van der Waals surface area contributed by atoms with Crippen LogP contribution in [-0.2, 0) is 0 Å². The number of piperidine rings is 1. The number of carbonyl (C=O) groups excluding carboxylic acids is 1. The molecular weight excluding hydrogens is 272 g/mol. The Kier molecular flexibility index (Phi) is 4.27. The van der Waals surface area contributed by atoms with E-state index in [1.54, 1.807) is 6.07 Å². The van der Waals surface area contributed by atoms with Gasteiger partial charge in [0.05, 0.1) is 10.6 Å². The van der Waals surface area contributed by atoms with E-state index in [1.165, 1.54) is 38.8 Å². The average molecular weight is 293 g/mol. The second-order valence-electron chi connectivity index (χ2n) is 5.78. The normalized spacial score (nSPS) is 24.1. The summed E-state index contributed by atoms with van der Waals surface area (Å²) in [7, 11) is 0. The van der Waals surface area contributed by atoms with Gasteiger partial charge in [-0.25, -0.2) is 0 Å². The van der Waals surface area contributed by atoms with Crippen LogP contribution in [0, 0.1) is 0 Å². The Morgan fingerprint density at radius 2 is 1.95 bits per heavy atom. The maximum absolute atomic E-state index is 11.3. The van der Waals surface area contributed by atoms with Gasteiger partial charge in [-0.2, -0.15) is 0 Å². The standard InChI is InChI=1S/C16H21ClN2O/c17-15-5-4-6-16(14(15)12-20)19-10-7-13(11-19)18-8-2-1-3-9-18/h4-6,12-13H,1-3,7-11H2. The van der Waals surface area contributed by atoms with Crippen LogP contribution in [0.2, 0.25) is 5.02 Å². The Balaban J connectivity index is 1.73. The van der Waals surface area contributed by atoms with E-state index in [1.807, 2.05) is 12.1 Å². The molecule has 1 atom stereocenters. The van der Waals surface area contributed by atoms with Crippen LogP contribution in [0.3, 0.4) is 0 Å². The highest BCUT2D eigenvalue weighted by Crippen LogP contribution is 2.30. The highest BCUT2D eigenvalue weighted by molar-refractivity contribution is 6.33. The van der Waals surface area contributed by atoms with E-state index < -0.39 is 0 Å². The van der Waals surface area contributed by atoms with Crippen LogP contribution in [0.15, 0.2) is 18.2 Å². The third-order valence-corrected chi connectivity index (χ3v) is 4.89. The van der Waals surface area contributed by atoms with Gasteiger partial charge in [-0.1, -0.05) is 24.1 Å². The van der Waals surface area contributed by atoms with E-state index in [0.29, 0.717) is 16.6 Å². The lowest BCUT2D eigenvalue weighted by molar-refractivity contribution is 0.112. The Hall–Kier alpha value is -1.06. The summed E-state index contributed by atoms with van der Waals surface area (Å²) < 4.78 is 0. The first-order chi connectivity index (χ1) is 9.79. The summed E-state index contributed by atoms with van der Waals surface area (Å²) in [6.07, 6.45) is 6.09. The van der Waals surface area contributed by atoms with E-state index in [9.17, 15) is 4.79 Å². The van der Waals surface area contributed by atoms with Gasteiger partial charge in [0.25, 0.3) is 0 Å². The Morgan fingerprint density at radius 1 is 1.15 bits per heavy atom. The van der Waals surface area contributed by atoms with Crippen LogP contribution in [0.1, 0.15) is 36.0 Å². The molecule has 0 amide bonds. The minimum atomic E-state index is 0.555. The van der Waals surface area contributed by atoms with E-state index >= 15 is 0 Å². The molecule has 0 aromatic heterocycles. The maximum atomic E-state index is 11.3. The van der Waals surface area contributed by atoms with Gasteiger partial charge in [-0.15, -0.1) is 0 Å². The predicted molar refractivity (Wildman–Crippen MR) is 82.9 cm³/mol. The first-order valence-electron chi connectivity index (χ1n) is 7.52. The molecule has 1 aromatic rings. The van der Waals surface area contributed by atoms with Gasteiger partial charge in [-0.05, 0) is 44.5 Å². The van der Waals surface area contributed by atoms with E-state index in [2.05, 4.69) is 9.80 Å². The number of hydrogen-bond acceptors (Lipinski definition) is 3. The summed E-state index contributed by atoms with van der Waals surface area (Å²) in [5, 5.41) is 0.555. The molecule has 0 spiro atoms. The molecule has 3 nitrogen and oxygen atoms in total. The van der Waals surface area contributed by atoms with Crippen molar-refractivity contribution in [3.8, 4) is 0 Å². The minimum absolute atomic E-state index is 0.555. The number of rotatable bonds is 3. The monoisotopic (exact) mass is 292 g/mol. The lowest BCUT2D eigenvalue weighted by Gasteiger charge is -2.32. The summed E-state index contributed by atoms with van der Waals surface area (Å²) in [6, 6.07) is 6.36. The number of likely N-dealkylation sites (tertiary alicyclic amines) is 1. The highest BCUT2D eigenvalue weighted by atomic mass is 35.5. The van der Waals surface area contributed by atoms with Gasteiger partial charge in [-0.3, -0.25) is 9.69 Å². The van der Waals surface area contributed by atoms with Gasteiger partial charge in [0.2, 0.25) is 0 Å². The van der Waals surface area contributed by atoms with Crippen LogP contribution < -0.4 is 4.90 Å². The smallest absolute Gasteiger partial charge is 0.153 e. The molecule has 2 aliphatic rings. The Morgan fingerprint density at radius 3 is 2.70 bits per heavy atom. The van der Waals surface area contributed by atoms with Crippen molar-refractivity contribution in [3.63, 3.8) is 0 Å². The molecule has 3 rings (SSSR count). The first kappa shape index (κ1) is 13.9.